The summed E-state index contributed by atoms with van der Waals surface area (Å²) in [6, 6.07) is 0. The third-order valence-corrected chi connectivity index (χ3v) is 7.59. The molecule has 0 N–H and O–H groups in total. The molecule has 20 heavy (non-hydrogen) atoms. The number of hydrogen-bond donors (Lipinski definition) is 0. The van der Waals surface area contributed by atoms with Crippen LogP contribution in [0, 0.1) is 28.6 Å². The second-order valence-electron chi connectivity index (χ2n) is 8.62. The van der Waals surface area contributed by atoms with Crippen molar-refractivity contribution in [2.75, 3.05) is 0 Å². The number of hydrogen-bond acceptors (Lipinski definition) is 0. The van der Waals surface area contributed by atoms with E-state index in [1.165, 1.54) is 64.2 Å². The average molecular weight is 279 g/mol. The van der Waals surface area contributed by atoms with E-state index in [2.05, 4.69) is 34.6 Å². The van der Waals surface area contributed by atoms with Crippen LogP contribution in [0.3, 0.4) is 0 Å². The van der Waals surface area contributed by atoms with Gasteiger partial charge in [0.1, 0.15) is 0 Å². The SMILES string of the molecule is CC(C)C1(C(C)C2(C(C)C)CCCCC2)CCCCC1. The highest BCUT2D eigenvalue weighted by atomic mass is 14.6. The van der Waals surface area contributed by atoms with Crippen LogP contribution in [-0.2, 0) is 0 Å². The fourth-order valence-corrected chi connectivity index (χ4v) is 6.01. The van der Waals surface area contributed by atoms with Gasteiger partial charge in [0.2, 0.25) is 0 Å². The summed E-state index contributed by atoms with van der Waals surface area (Å²) >= 11 is 0. The fourth-order valence-electron chi connectivity index (χ4n) is 6.01. The minimum absolute atomic E-state index is 0.639. The maximum atomic E-state index is 2.65. The molecule has 0 aromatic carbocycles. The van der Waals surface area contributed by atoms with Crippen molar-refractivity contribution in [3.05, 3.63) is 0 Å². The summed E-state index contributed by atoms with van der Waals surface area (Å²) in [5.74, 6) is 2.63. The second kappa shape index (κ2) is 6.41. The van der Waals surface area contributed by atoms with Crippen LogP contribution in [0.1, 0.15) is 98.8 Å². The zero-order valence-corrected chi connectivity index (χ0v) is 14.8. The first-order valence-electron chi connectivity index (χ1n) is 9.46. The van der Waals surface area contributed by atoms with Gasteiger partial charge >= 0.3 is 0 Å². The second-order valence-corrected chi connectivity index (χ2v) is 8.62. The van der Waals surface area contributed by atoms with Crippen LogP contribution < -0.4 is 0 Å². The molecule has 0 aliphatic heterocycles. The molecule has 118 valence electrons. The molecule has 0 nitrogen and oxygen atoms in total. The van der Waals surface area contributed by atoms with Crippen LogP contribution in [0.4, 0.5) is 0 Å². The van der Waals surface area contributed by atoms with Crippen molar-refractivity contribution in [3.8, 4) is 0 Å². The molecule has 2 fully saturated rings. The molecule has 2 saturated carbocycles. The Labute approximate surface area is 128 Å². The van der Waals surface area contributed by atoms with Crippen molar-refractivity contribution in [1.82, 2.24) is 0 Å². The quantitative estimate of drug-likeness (QED) is 0.528. The van der Waals surface area contributed by atoms with Crippen LogP contribution in [0.2, 0.25) is 0 Å². The Morgan fingerprint density at radius 3 is 1.05 bits per heavy atom. The maximum Gasteiger partial charge on any atom is -0.0243 e. The van der Waals surface area contributed by atoms with E-state index in [1.807, 2.05) is 0 Å². The topological polar surface area (TPSA) is 0 Å². The Kier molecular flexibility index (Phi) is 5.24. The Morgan fingerprint density at radius 2 is 0.800 bits per heavy atom. The standard InChI is InChI=1S/C20H38/c1-16(2)19(12-8-6-9-13-19)18(5)20(17(3)4)14-10-7-11-15-20/h16-18H,6-15H2,1-5H3. The summed E-state index contributed by atoms with van der Waals surface area (Å²) < 4.78 is 0. The van der Waals surface area contributed by atoms with Crippen LogP contribution >= 0.6 is 0 Å². The molecule has 2 aliphatic rings. The first-order chi connectivity index (χ1) is 9.46. The summed E-state index contributed by atoms with van der Waals surface area (Å²) in [5, 5.41) is 0. The summed E-state index contributed by atoms with van der Waals surface area (Å²) in [5.41, 5.74) is 1.28. The van der Waals surface area contributed by atoms with Crippen molar-refractivity contribution < 1.29 is 0 Å². The van der Waals surface area contributed by atoms with Gasteiger partial charge in [-0.25, -0.2) is 0 Å². The van der Waals surface area contributed by atoms with Gasteiger partial charge in [-0.15, -0.1) is 0 Å². The predicted molar refractivity (Wildman–Crippen MR) is 89.9 cm³/mol. The van der Waals surface area contributed by atoms with Crippen molar-refractivity contribution in [3.63, 3.8) is 0 Å². The highest BCUT2D eigenvalue weighted by molar-refractivity contribution is 5.00. The Morgan fingerprint density at radius 1 is 0.500 bits per heavy atom. The minimum atomic E-state index is 0.639. The monoisotopic (exact) mass is 278 g/mol. The molecule has 2 rings (SSSR count). The van der Waals surface area contributed by atoms with E-state index in [9.17, 15) is 0 Å². The minimum Gasteiger partial charge on any atom is -0.0622 e. The van der Waals surface area contributed by atoms with E-state index in [1.54, 1.807) is 0 Å². The van der Waals surface area contributed by atoms with Crippen molar-refractivity contribution in [2.24, 2.45) is 28.6 Å². The fraction of sp³-hybridized carbons (Fsp3) is 1.00. The molecule has 0 saturated heterocycles. The molecule has 0 aromatic heterocycles. The van der Waals surface area contributed by atoms with Crippen LogP contribution in [0.5, 0.6) is 0 Å². The summed E-state index contributed by atoms with van der Waals surface area (Å²) in [6.07, 6.45) is 14.9. The van der Waals surface area contributed by atoms with Crippen molar-refractivity contribution in [2.45, 2.75) is 98.8 Å². The van der Waals surface area contributed by atoms with Crippen LogP contribution in [-0.4, -0.2) is 0 Å². The van der Waals surface area contributed by atoms with E-state index in [0.717, 1.165) is 17.8 Å². The lowest BCUT2D eigenvalue weighted by atomic mass is 9.48. The van der Waals surface area contributed by atoms with Crippen LogP contribution in [0.15, 0.2) is 0 Å². The zero-order valence-electron chi connectivity index (χ0n) is 14.8. The van der Waals surface area contributed by atoms with Crippen LogP contribution in [0.25, 0.3) is 0 Å². The predicted octanol–water partition coefficient (Wildman–Crippen LogP) is 6.84. The lowest BCUT2D eigenvalue weighted by Gasteiger charge is -2.57. The lowest BCUT2D eigenvalue weighted by Crippen LogP contribution is -2.48. The Balaban J connectivity index is 2.30. The zero-order chi connectivity index (χ0) is 14.8. The molecule has 0 heteroatoms. The molecular formula is C20H38. The molecule has 2 aliphatic carbocycles. The maximum absolute atomic E-state index is 2.65. The molecular weight excluding hydrogens is 240 g/mol. The third kappa shape index (κ3) is 2.69. The van der Waals surface area contributed by atoms with Gasteiger partial charge in [-0.1, -0.05) is 73.1 Å². The molecule has 0 atom stereocenters. The highest BCUT2D eigenvalue weighted by Gasteiger charge is 2.51. The third-order valence-electron chi connectivity index (χ3n) is 7.59. The summed E-state index contributed by atoms with van der Waals surface area (Å²) in [6.45, 7) is 12.7. The van der Waals surface area contributed by atoms with Gasteiger partial charge in [0.25, 0.3) is 0 Å². The molecule has 0 amide bonds. The van der Waals surface area contributed by atoms with E-state index in [-0.39, 0.29) is 0 Å². The molecule has 0 bridgehead atoms. The first-order valence-corrected chi connectivity index (χ1v) is 9.46. The van der Waals surface area contributed by atoms with Gasteiger partial charge in [0.05, 0.1) is 0 Å². The number of rotatable bonds is 4. The van der Waals surface area contributed by atoms with Gasteiger partial charge in [0.15, 0.2) is 0 Å². The van der Waals surface area contributed by atoms with Gasteiger partial charge in [-0.05, 0) is 54.3 Å². The van der Waals surface area contributed by atoms with E-state index < -0.39 is 0 Å². The van der Waals surface area contributed by atoms with E-state index in [0.29, 0.717) is 10.8 Å². The molecule has 0 radical (unpaired) electrons. The lowest BCUT2D eigenvalue weighted by molar-refractivity contribution is -0.0739. The van der Waals surface area contributed by atoms with Crippen molar-refractivity contribution >= 4 is 0 Å². The van der Waals surface area contributed by atoms with E-state index in [4.69, 9.17) is 0 Å². The molecule has 0 aromatic rings. The normalized spacial score (nSPS) is 26.4. The largest absolute Gasteiger partial charge is 0.0622 e. The average Bonchev–Trinajstić information content (AvgIpc) is 2.47. The van der Waals surface area contributed by atoms with Gasteiger partial charge < -0.3 is 0 Å². The first kappa shape index (κ1) is 16.4. The smallest absolute Gasteiger partial charge is 0.0243 e. The van der Waals surface area contributed by atoms with Gasteiger partial charge in [-0.3, -0.25) is 0 Å². The Hall–Kier alpha value is 0. The van der Waals surface area contributed by atoms with Crippen molar-refractivity contribution in [1.29, 1.82) is 0 Å². The van der Waals surface area contributed by atoms with E-state index >= 15 is 0 Å². The molecule has 0 heterocycles. The Bertz CT molecular complexity index is 257. The summed E-state index contributed by atoms with van der Waals surface area (Å²) in [7, 11) is 0. The molecule has 0 spiro atoms. The highest BCUT2D eigenvalue weighted by Crippen LogP contribution is 2.60. The van der Waals surface area contributed by atoms with Gasteiger partial charge in [-0.2, -0.15) is 0 Å². The molecule has 0 unspecified atom stereocenters. The summed E-state index contributed by atoms with van der Waals surface area (Å²) in [4.78, 5) is 0. The van der Waals surface area contributed by atoms with Gasteiger partial charge in [0, 0.05) is 0 Å².